The monoisotopic (exact) mass is 487 g/mol. The lowest BCUT2D eigenvalue weighted by atomic mass is 9.88. The number of hydrogen-bond acceptors (Lipinski definition) is 4. The maximum Gasteiger partial charge on any atom is 0.132 e. The van der Waals surface area contributed by atoms with Crippen molar-refractivity contribution in [3.05, 3.63) is 107 Å². The molecule has 5 heteroatoms. The van der Waals surface area contributed by atoms with Crippen LogP contribution >= 0.6 is 11.6 Å². The average Bonchev–Trinajstić information content (AvgIpc) is 2.85. The highest BCUT2D eigenvalue weighted by atomic mass is 35.5. The Morgan fingerprint density at radius 2 is 1.71 bits per heavy atom. The summed E-state index contributed by atoms with van der Waals surface area (Å²) >= 11 is 6.13. The Hall–Kier alpha value is -3.05. The van der Waals surface area contributed by atoms with E-state index < -0.39 is 5.60 Å². The first-order chi connectivity index (χ1) is 16.9. The van der Waals surface area contributed by atoms with E-state index in [9.17, 15) is 0 Å². The molecule has 0 radical (unpaired) electrons. The van der Waals surface area contributed by atoms with Crippen LogP contribution in [0.25, 0.3) is 10.8 Å². The predicted octanol–water partition coefficient (Wildman–Crippen LogP) is 7.55. The summed E-state index contributed by atoms with van der Waals surface area (Å²) in [6, 6.07) is 28.8. The van der Waals surface area contributed by atoms with E-state index in [1.807, 2.05) is 30.3 Å². The van der Waals surface area contributed by atoms with Gasteiger partial charge in [-0.1, -0.05) is 60.1 Å². The van der Waals surface area contributed by atoms with Crippen molar-refractivity contribution in [3.8, 4) is 5.75 Å². The molecule has 2 unspecified atom stereocenters. The molecule has 1 heterocycles. The minimum Gasteiger partial charge on any atom is -0.485 e. The third-order valence-electron chi connectivity index (χ3n) is 6.53. The van der Waals surface area contributed by atoms with Crippen LogP contribution in [0, 0.1) is 0 Å². The van der Waals surface area contributed by atoms with Crippen LogP contribution < -0.4 is 10.1 Å². The largest absolute Gasteiger partial charge is 0.485 e. The predicted molar refractivity (Wildman–Crippen MR) is 142 cm³/mol. The highest BCUT2D eigenvalue weighted by Crippen LogP contribution is 2.44. The van der Waals surface area contributed by atoms with Crippen molar-refractivity contribution >= 4 is 28.1 Å². The smallest absolute Gasteiger partial charge is 0.132 e. The molecule has 0 bridgehead atoms. The van der Waals surface area contributed by atoms with Crippen molar-refractivity contribution in [2.24, 2.45) is 0 Å². The van der Waals surface area contributed by atoms with Crippen LogP contribution in [-0.2, 0) is 22.6 Å². The van der Waals surface area contributed by atoms with Crippen molar-refractivity contribution in [2.45, 2.75) is 44.8 Å². The third kappa shape index (κ3) is 5.15. The molecule has 4 nitrogen and oxygen atoms in total. The van der Waals surface area contributed by atoms with Crippen LogP contribution in [-0.4, -0.2) is 18.8 Å². The summed E-state index contributed by atoms with van der Waals surface area (Å²) in [4.78, 5) is 0. The Balaban J connectivity index is 1.35. The quantitative estimate of drug-likeness (QED) is 0.292. The molecule has 4 aromatic carbocycles. The molecule has 0 aliphatic carbocycles. The van der Waals surface area contributed by atoms with E-state index >= 15 is 0 Å². The number of anilines is 1. The van der Waals surface area contributed by atoms with Crippen molar-refractivity contribution in [1.82, 2.24) is 0 Å². The minimum absolute atomic E-state index is 0.262. The summed E-state index contributed by atoms with van der Waals surface area (Å²) in [6.07, 6.45) is -0.545. The Labute approximate surface area is 211 Å². The molecule has 0 amide bonds. The van der Waals surface area contributed by atoms with Crippen LogP contribution in [0.5, 0.6) is 5.75 Å². The zero-order valence-corrected chi connectivity index (χ0v) is 21.0. The molecule has 4 aromatic rings. The molecule has 0 saturated carbocycles. The molecule has 0 aromatic heterocycles. The fraction of sp³-hybridized carbons (Fsp3) is 0.267. The summed E-state index contributed by atoms with van der Waals surface area (Å²) in [7, 11) is 1.73. The van der Waals surface area contributed by atoms with E-state index in [0.29, 0.717) is 13.2 Å². The van der Waals surface area contributed by atoms with E-state index in [1.54, 1.807) is 7.11 Å². The van der Waals surface area contributed by atoms with E-state index in [-0.39, 0.29) is 12.2 Å². The van der Waals surface area contributed by atoms with Crippen molar-refractivity contribution in [1.29, 1.82) is 0 Å². The first-order valence-corrected chi connectivity index (χ1v) is 12.2. The number of benzene rings is 4. The van der Waals surface area contributed by atoms with Gasteiger partial charge in [0.25, 0.3) is 0 Å². The van der Waals surface area contributed by atoms with Gasteiger partial charge in [0.1, 0.15) is 23.6 Å². The molecule has 35 heavy (non-hydrogen) atoms. The fourth-order valence-electron chi connectivity index (χ4n) is 4.75. The number of halogens is 1. The SMILES string of the molecule is COC1c2cc(NCc3cccc(Cl)c3)ccc2OC(C)(C)C1OCc1ccc2ccccc2c1. The summed E-state index contributed by atoms with van der Waals surface area (Å²) < 4.78 is 18.9. The van der Waals surface area contributed by atoms with Gasteiger partial charge in [0.05, 0.1) is 6.61 Å². The number of ether oxygens (including phenoxy) is 3. The molecule has 1 aliphatic rings. The highest BCUT2D eigenvalue weighted by molar-refractivity contribution is 6.30. The lowest BCUT2D eigenvalue weighted by Crippen LogP contribution is -2.50. The first kappa shape index (κ1) is 23.7. The van der Waals surface area contributed by atoms with Crippen LogP contribution in [0.3, 0.4) is 0 Å². The summed E-state index contributed by atoms with van der Waals surface area (Å²) in [6.45, 7) is 5.26. The van der Waals surface area contributed by atoms with E-state index in [0.717, 1.165) is 33.1 Å². The molecule has 1 N–H and O–H groups in total. The van der Waals surface area contributed by atoms with Gasteiger partial charge in [-0.15, -0.1) is 0 Å². The van der Waals surface area contributed by atoms with E-state index in [4.69, 9.17) is 25.8 Å². The van der Waals surface area contributed by atoms with Gasteiger partial charge in [-0.2, -0.15) is 0 Å². The number of nitrogens with one attached hydrogen (secondary N) is 1. The number of rotatable bonds is 7. The molecular weight excluding hydrogens is 458 g/mol. The third-order valence-corrected chi connectivity index (χ3v) is 6.77. The summed E-state index contributed by atoms with van der Waals surface area (Å²) in [5, 5.41) is 6.64. The van der Waals surface area contributed by atoms with Gasteiger partial charge in [-0.3, -0.25) is 0 Å². The van der Waals surface area contributed by atoms with Gasteiger partial charge in [-0.25, -0.2) is 0 Å². The van der Waals surface area contributed by atoms with Gasteiger partial charge in [0, 0.05) is 29.9 Å². The van der Waals surface area contributed by atoms with Crippen molar-refractivity contribution in [2.75, 3.05) is 12.4 Å². The molecular formula is C30H30ClNO3. The maximum absolute atomic E-state index is 6.49. The second kappa shape index (κ2) is 9.90. The molecule has 2 atom stereocenters. The van der Waals surface area contributed by atoms with Crippen molar-refractivity contribution in [3.63, 3.8) is 0 Å². The normalized spacial score (nSPS) is 18.6. The van der Waals surface area contributed by atoms with E-state index in [1.165, 1.54) is 10.8 Å². The standard InChI is InChI=1S/C30H30ClNO3/c1-30(2)29(34-19-21-11-12-22-8-4-5-9-23(22)15-21)28(33-3)26-17-25(13-14-27(26)35-30)32-18-20-7-6-10-24(31)16-20/h4-17,28-29,32H,18-19H2,1-3H3. The topological polar surface area (TPSA) is 39.7 Å². The van der Waals surface area contributed by atoms with Gasteiger partial charge in [0.2, 0.25) is 0 Å². The van der Waals surface area contributed by atoms with Gasteiger partial charge < -0.3 is 19.5 Å². The van der Waals surface area contributed by atoms with Gasteiger partial charge in [-0.05, 0) is 72.1 Å². The Kier molecular flexibility index (Phi) is 6.70. The zero-order valence-electron chi connectivity index (χ0n) is 20.3. The van der Waals surface area contributed by atoms with Gasteiger partial charge in [0.15, 0.2) is 0 Å². The summed E-state index contributed by atoms with van der Waals surface area (Å²) in [5.74, 6) is 0.820. The molecule has 0 spiro atoms. The molecule has 1 aliphatic heterocycles. The van der Waals surface area contributed by atoms with Crippen LogP contribution in [0.2, 0.25) is 5.02 Å². The number of fused-ring (bicyclic) bond motifs is 2. The molecule has 5 rings (SSSR count). The molecule has 0 fully saturated rings. The second-order valence-electron chi connectivity index (χ2n) is 9.51. The van der Waals surface area contributed by atoms with Crippen molar-refractivity contribution < 1.29 is 14.2 Å². The fourth-order valence-corrected chi connectivity index (χ4v) is 4.96. The summed E-state index contributed by atoms with van der Waals surface area (Å²) in [5.41, 5.74) is 3.65. The van der Waals surface area contributed by atoms with E-state index in [2.05, 4.69) is 73.8 Å². The Morgan fingerprint density at radius 1 is 0.886 bits per heavy atom. The molecule has 0 saturated heterocycles. The molecule has 180 valence electrons. The van der Waals surface area contributed by atoms with Crippen LogP contribution in [0.4, 0.5) is 5.69 Å². The highest BCUT2D eigenvalue weighted by Gasteiger charge is 2.45. The number of methoxy groups -OCH3 is 1. The van der Waals surface area contributed by atoms with Gasteiger partial charge >= 0.3 is 0 Å². The maximum atomic E-state index is 6.49. The lowest BCUT2D eigenvalue weighted by Gasteiger charge is -2.44. The Morgan fingerprint density at radius 3 is 2.51 bits per heavy atom. The second-order valence-corrected chi connectivity index (χ2v) is 9.95. The number of hydrogen-bond donors (Lipinski definition) is 1. The average molecular weight is 488 g/mol. The first-order valence-electron chi connectivity index (χ1n) is 11.9. The Bertz CT molecular complexity index is 1340. The zero-order chi connectivity index (χ0) is 24.4. The lowest BCUT2D eigenvalue weighted by molar-refractivity contribution is -0.159. The van der Waals surface area contributed by atoms with Crippen LogP contribution in [0.1, 0.15) is 36.6 Å². The van der Waals surface area contributed by atoms with Crippen LogP contribution in [0.15, 0.2) is 84.9 Å². The minimum atomic E-state index is -0.555.